The van der Waals surface area contributed by atoms with Crippen LogP contribution in [0.2, 0.25) is 0 Å². The van der Waals surface area contributed by atoms with Gasteiger partial charge in [-0.1, -0.05) is 35.4 Å². The van der Waals surface area contributed by atoms with E-state index < -0.39 is 0 Å². The normalized spacial score (nSPS) is 14.7. The molecule has 1 nitrogen and oxygen atoms in total. The first kappa shape index (κ1) is 11.0. The highest BCUT2D eigenvalue weighted by Crippen LogP contribution is 2.31. The first-order valence-electron chi connectivity index (χ1n) is 5.81. The zero-order valence-electron chi connectivity index (χ0n) is 10.3. The molecule has 84 valence electrons. The molecule has 0 saturated heterocycles. The van der Waals surface area contributed by atoms with Gasteiger partial charge in [-0.05, 0) is 44.7 Å². The van der Waals surface area contributed by atoms with Crippen LogP contribution in [-0.2, 0) is 6.42 Å². The Balaban J connectivity index is 2.56. The highest BCUT2D eigenvalue weighted by molar-refractivity contribution is 5.80. The van der Waals surface area contributed by atoms with Crippen LogP contribution in [0.3, 0.4) is 0 Å². The van der Waals surface area contributed by atoms with E-state index >= 15 is 0 Å². The summed E-state index contributed by atoms with van der Waals surface area (Å²) in [4.78, 5) is 0. The van der Waals surface area contributed by atoms with Crippen molar-refractivity contribution in [3.8, 4) is 0 Å². The smallest absolute Gasteiger partial charge is 0.0163 e. The van der Waals surface area contributed by atoms with Crippen molar-refractivity contribution < 1.29 is 0 Å². The lowest BCUT2D eigenvalue weighted by molar-refractivity contribution is 0.904. The molecule has 1 heteroatoms. The zero-order valence-corrected chi connectivity index (χ0v) is 10.3. The summed E-state index contributed by atoms with van der Waals surface area (Å²) in [5.41, 5.74) is 13.7. The number of nitrogens with two attached hydrogens (primary N) is 1. The largest absolute Gasteiger partial charge is 0.402 e. The Labute approximate surface area is 97.7 Å². The number of aryl methyl sites for hydroxylation is 2. The van der Waals surface area contributed by atoms with Crippen LogP contribution in [0.4, 0.5) is 0 Å². The lowest BCUT2D eigenvalue weighted by Gasteiger charge is -2.20. The highest BCUT2D eigenvalue weighted by Gasteiger charge is 2.15. The summed E-state index contributed by atoms with van der Waals surface area (Å²) in [6, 6.07) is 6.64. The Morgan fingerprint density at radius 1 is 1.25 bits per heavy atom. The summed E-state index contributed by atoms with van der Waals surface area (Å²) >= 11 is 0. The molecule has 0 radical (unpaired) electrons. The van der Waals surface area contributed by atoms with Crippen molar-refractivity contribution in [3.63, 3.8) is 0 Å². The van der Waals surface area contributed by atoms with Crippen molar-refractivity contribution in [1.82, 2.24) is 0 Å². The lowest BCUT2D eigenvalue weighted by atomic mass is 9.87. The fraction of sp³-hybridized carbons (Fsp3) is 0.333. The number of benzene rings is 1. The van der Waals surface area contributed by atoms with E-state index in [-0.39, 0.29) is 0 Å². The number of hydrogen-bond donors (Lipinski definition) is 1. The Morgan fingerprint density at radius 2 is 2.00 bits per heavy atom. The van der Waals surface area contributed by atoms with Crippen LogP contribution in [-0.4, -0.2) is 0 Å². The topological polar surface area (TPSA) is 26.0 Å². The predicted molar refractivity (Wildman–Crippen MR) is 70.0 cm³/mol. The minimum Gasteiger partial charge on any atom is -0.402 e. The number of fused-ring (bicyclic) bond motifs is 1. The molecule has 0 atom stereocenters. The van der Waals surface area contributed by atoms with Crippen LogP contribution in [0.25, 0.3) is 5.57 Å². The fourth-order valence-corrected chi connectivity index (χ4v) is 2.23. The summed E-state index contributed by atoms with van der Waals surface area (Å²) < 4.78 is 0. The van der Waals surface area contributed by atoms with Crippen LogP contribution in [0.1, 0.15) is 37.0 Å². The molecule has 0 unspecified atom stereocenters. The Bertz CT molecular complexity index is 474. The molecule has 0 heterocycles. The molecular weight excluding hydrogens is 194 g/mol. The van der Waals surface area contributed by atoms with Crippen molar-refractivity contribution in [1.29, 1.82) is 0 Å². The van der Waals surface area contributed by atoms with Crippen LogP contribution in [0.5, 0.6) is 0 Å². The number of allylic oxidation sites excluding steroid dienone is 4. The molecule has 0 saturated carbocycles. The number of rotatable bonds is 1. The molecule has 16 heavy (non-hydrogen) atoms. The maximum Gasteiger partial charge on any atom is 0.0163 e. The van der Waals surface area contributed by atoms with E-state index in [9.17, 15) is 0 Å². The van der Waals surface area contributed by atoms with Crippen molar-refractivity contribution in [2.45, 2.75) is 33.6 Å². The molecule has 0 spiro atoms. The molecule has 0 aliphatic heterocycles. The summed E-state index contributed by atoms with van der Waals surface area (Å²) in [7, 11) is 0. The first-order valence-corrected chi connectivity index (χ1v) is 5.81. The monoisotopic (exact) mass is 213 g/mol. The van der Waals surface area contributed by atoms with Gasteiger partial charge in [-0.2, -0.15) is 0 Å². The van der Waals surface area contributed by atoms with Gasteiger partial charge in [0, 0.05) is 11.3 Å². The highest BCUT2D eigenvalue weighted by atomic mass is 14.6. The molecule has 1 aliphatic carbocycles. The Morgan fingerprint density at radius 3 is 2.69 bits per heavy atom. The van der Waals surface area contributed by atoms with Gasteiger partial charge >= 0.3 is 0 Å². The SMILES string of the molecule is CC(C)=CC1=C(N)CCc2cc(C)ccc21. The first-order chi connectivity index (χ1) is 7.58. The summed E-state index contributed by atoms with van der Waals surface area (Å²) in [5, 5.41) is 0. The Hall–Kier alpha value is -1.50. The van der Waals surface area contributed by atoms with Gasteiger partial charge in [-0.15, -0.1) is 0 Å². The standard InChI is InChI=1S/C15H19N/c1-10(2)8-14-13-6-4-11(3)9-12(13)5-7-15(14)16/h4,6,8-9H,5,7,16H2,1-3H3. The van der Waals surface area contributed by atoms with Crippen molar-refractivity contribution in [3.05, 3.63) is 52.2 Å². The molecule has 1 aliphatic rings. The van der Waals surface area contributed by atoms with Crippen LogP contribution >= 0.6 is 0 Å². The summed E-state index contributed by atoms with van der Waals surface area (Å²) in [6.45, 7) is 6.37. The van der Waals surface area contributed by atoms with Crippen LogP contribution < -0.4 is 5.73 Å². The maximum absolute atomic E-state index is 6.12. The molecule has 2 rings (SSSR count). The van der Waals surface area contributed by atoms with Gasteiger partial charge < -0.3 is 5.73 Å². The number of hydrogen-bond acceptors (Lipinski definition) is 1. The molecule has 2 N–H and O–H groups in total. The average Bonchev–Trinajstić information content (AvgIpc) is 2.22. The molecule has 1 aromatic carbocycles. The maximum atomic E-state index is 6.12. The van der Waals surface area contributed by atoms with Gasteiger partial charge in [0.25, 0.3) is 0 Å². The van der Waals surface area contributed by atoms with Gasteiger partial charge in [0.1, 0.15) is 0 Å². The van der Waals surface area contributed by atoms with Crippen LogP contribution in [0, 0.1) is 6.92 Å². The molecule has 0 fully saturated rings. The Kier molecular flexibility index (Phi) is 2.86. The molecule has 0 amide bonds. The van der Waals surface area contributed by atoms with E-state index in [1.165, 1.54) is 27.8 Å². The van der Waals surface area contributed by atoms with E-state index in [1.807, 2.05) is 0 Å². The molecular formula is C15H19N. The average molecular weight is 213 g/mol. The quantitative estimate of drug-likeness (QED) is 0.758. The summed E-state index contributed by atoms with van der Waals surface area (Å²) in [6.07, 6.45) is 4.25. The molecule has 0 aromatic heterocycles. The van der Waals surface area contributed by atoms with Crippen molar-refractivity contribution in [2.24, 2.45) is 5.73 Å². The van der Waals surface area contributed by atoms with Crippen molar-refractivity contribution in [2.75, 3.05) is 0 Å². The van der Waals surface area contributed by atoms with E-state index in [1.54, 1.807) is 0 Å². The second-order valence-corrected chi connectivity index (χ2v) is 4.82. The van der Waals surface area contributed by atoms with Crippen LogP contribution in [0.15, 0.2) is 35.5 Å². The fourth-order valence-electron chi connectivity index (χ4n) is 2.23. The second-order valence-electron chi connectivity index (χ2n) is 4.82. The van der Waals surface area contributed by atoms with E-state index in [2.05, 4.69) is 45.0 Å². The van der Waals surface area contributed by atoms with Gasteiger partial charge in [-0.25, -0.2) is 0 Å². The zero-order chi connectivity index (χ0) is 11.7. The minimum absolute atomic E-state index is 0.982. The molecule has 1 aromatic rings. The third-order valence-corrected chi connectivity index (χ3v) is 2.99. The van der Waals surface area contributed by atoms with E-state index in [4.69, 9.17) is 5.73 Å². The summed E-state index contributed by atoms with van der Waals surface area (Å²) in [5.74, 6) is 0. The lowest BCUT2D eigenvalue weighted by Crippen LogP contribution is -2.10. The second kappa shape index (κ2) is 4.17. The van der Waals surface area contributed by atoms with Gasteiger partial charge in [-0.3, -0.25) is 0 Å². The van der Waals surface area contributed by atoms with Gasteiger partial charge in [0.15, 0.2) is 0 Å². The third-order valence-electron chi connectivity index (χ3n) is 2.99. The third kappa shape index (κ3) is 2.04. The molecule has 0 bridgehead atoms. The van der Waals surface area contributed by atoms with Gasteiger partial charge in [0.05, 0.1) is 0 Å². The minimum atomic E-state index is 0.982. The predicted octanol–water partition coefficient (Wildman–Crippen LogP) is 3.58. The van der Waals surface area contributed by atoms with Crippen molar-refractivity contribution >= 4 is 5.57 Å². The van der Waals surface area contributed by atoms with E-state index in [0.717, 1.165) is 18.5 Å². The van der Waals surface area contributed by atoms with E-state index in [0.29, 0.717) is 0 Å². The van der Waals surface area contributed by atoms with Gasteiger partial charge in [0.2, 0.25) is 0 Å².